The zero-order chi connectivity index (χ0) is 12.7. The largest absolute Gasteiger partial charge is 0.376 e. The third-order valence-electron chi connectivity index (χ3n) is 2.82. The molecule has 17 heavy (non-hydrogen) atoms. The number of para-hydroxylation sites is 1. The fourth-order valence-electron chi connectivity index (χ4n) is 1.74. The summed E-state index contributed by atoms with van der Waals surface area (Å²) in [5.41, 5.74) is 0.972. The number of carbonyl (C=O) groups is 1. The van der Waals surface area contributed by atoms with E-state index in [0.29, 0.717) is 12.5 Å². The summed E-state index contributed by atoms with van der Waals surface area (Å²) in [5.74, 6) is 0.523. The molecular weight excluding hydrogens is 212 g/mol. The SMILES string of the molecule is CCC(NC(=O)CNc1ccccc1)C(C)C. The molecule has 1 aromatic rings. The normalized spacial score (nSPS) is 12.2. The molecule has 0 spiro atoms. The molecule has 1 rings (SSSR count). The fraction of sp³-hybridized carbons (Fsp3) is 0.500. The minimum absolute atomic E-state index is 0.0504. The van der Waals surface area contributed by atoms with Crippen LogP contribution in [0.1, 0.15) is 27.2 Å². The van der Waals surface area contributed by atoms with Gasteiger partial charge < -0.3 is 10.6 Å². The van der Waals surface area contributed by atoms with Gasteiger partial charge in [-0.1, -0.05) is 39.0 Å². The van der Waals surface area contributed by atoms with Gasteiger partial charge in [0, 0.05) is 11.7 Å². The Morgan fingerprint density at radius 2 is 1.88 bits per heavy atom. The molecule has 94 valence electrons. The Morgan fingerprint density at radius 1 is 1.24 bits per heavy atom. The number of amides is 1. The predicted octanol–water partition coefficient (Wildman–Crippen LogP) is 2.65. The van der Waals surface area contributed by atoms with Crippen molar-refractivity contribution in [3.8, 4) is 0 Å². The first-order chi connectivity index (χ1) is 8.13. The number of carbonyl (C=O) groups excluding carboxylic acids is 1. The lowest BCUT2D eigenvalue weighted by Gasteiger charge is -2.20. The lowest BCUT2D eigenvalue weighted by Crippen LogP contribution is -2.40. The van der Waals surface area contributed by atoms with E-state index < -0.39 is 0 Å². The van der Waals surface area contributed by atoms with Crippen molar-refractivity contribution in [2.75, 3.05) is 11.9 Å². The van der Waals surface area contributed by atoms with Crippen LogP contribution in [0.5, 0.6) is 0 Å². The molecule has 0 saturated heterocycles. The Balaban J connectivity index is 2.35. The van der Waals surface area contributed by atoms with Gasteiger partial charge in [0.1, 0.15) is 0 Å². The molecule has 0 saturated carbocycles. The molecule has 0 radical (unpaired) electrons. The van der Waals surface area contributed by atoms with Crippen LogP contribution >= 0.6 is 0 Å². The Hall–Kier alpha value is -1.51. The minimum Gasteiger partial charge on any atom is -0.376 e. The molecule has 0 fully saturated rings. The first-order valence-electron chi connectivity index (χ1n) is 6.21. The van der Waals surface area contributed by atoms with Crippen LogP contribution in [-0.4, -0.2) is 18.5 Å². The number of nitrogens with one attached hydrogen (secondary N) is 2. The van der Waals surface area contributed by atoms with Gasteiger partial charge >= 0.3 is 0 Å². The number of hydrogen-bond donors (Lipinski definition) is 2. The van der Waals surface area contributed by atoms with E-state index >= 15 is 0 Å². The van der Waals surface area contributed by atoms with Crippen LogP contribution in [-0.2, 0) is 4.79 Å². The highest BCUT2D eigenvalue weighted by Crippen LogP contribution is 2.06. The second kappa shape index (κ2) is 6.94. The zero-order valence-corrected chi connectivity index (χ0v) is 10.9. The molecule has 0 aliphatic rings. The average molecular weight is 234 g/mol. The average Bonchev–Trinajstić information content (AvgIpc) is 2.34. The summed E-state index contributed by atoms with van der Waals surface area (Å²) in [5, 5.41) is 6.14. The van der Waals surface area contributed by atoms with Crippen molar-refractivity contribution in [1.82, 2.24) is 5.32 Å². The van der Waals surface area contributed by atoms with Crippen molar-refractivity contribution in [2.45, 2.75) is 33.2 Å². The third kappa shape index (κ3) is 4.89. The van der Waals surface area contributed by atoms with Gasteiger partial charge in [-0.05, 0) is 24.5 Å². The highest BCUT2D eigenvalue weighted by atomic mass is 16.1. The topological polar surface area (TPSA) is 41.1 Å². The van der Waals surface area contributed by atoms with Crippen LogP contribution in [0.25, 0.3) is 0 Å². The standard InChI is InChI=1S/C14H22N2O/c1-4-13(11(2)3)16-14(17)10-15-12-8-6-5-7-9-12/h5-9,11,13,15H,4,10H2,1-3H3,(H,16,17). The van der Waals surface area contributed by atoms with E-state index in [2.05, 4.69) is 31.4 Å². The summed E-state index contributed by atoms with van der Waals surface area (Å²) >= 11 is 0. The summed E-state index contributed by atoms with van der Waals surface area (Å²) in [6, 6.07) is 10.0. The summed E-state index contributed by atoms with van der Waals surface area (Å²) < 4.78 is 0. The van der Waals surface area contributed by atoms with E-state index in [1.54, 1.807) is 0 Å². The molecule has 0 aromatic heterocycles. The number of hydrogen-bond acceptors (Lipinski definition) is 2. The molecule has 1 amide bonds. The molecule has 3 heteroatoms. The number of benzene rings is 1. The molecule has 3 nitrogen and oxygen atoms in total. The van der Waals surface area contributed by atoms with Crippen molar-refractivity contribution >= 4 is 11.6 Å². The van der Waals surface area contributed by atoms with Crippen LogP contribution in [0.3, 0.4) is 0 Å². The van der Waals surface area contributed by atoms with Crippen LogP contribution in [0.4, 0.5) is 5.69 Å². The number of anilines is 1. The maximum atomic E-state index is 11.7. The Kier molecular flexibility index (Phi) is 5.53. The summed E-state index contributed by atoms with van der Waals surface area (Å²) in [7, 11) is 0. The minimum atomic E-state index is 0.0504. The molecule has 1 aromatic carbocycles. The molecule has 1 atom stereocenters. The van der Waals surface area contributed by atoms with Crippen molar-refractivity contribution in [2.24, 2.45) is 5.92 Å². The van der Waals surface area contributed by atoms with Gasteiger partial charge in [0.15, 0.2) is 0 Å². The Morgan fingerprint density at radius 3 is 2.41 bits per heavy atom. The quantitative estimate of drug-likeness (QED) is 0.794. The van der Waals surface area contributed by atoms with E-state index in [4.69, 9.17) is 0 Å². The summed E-state index contributed by atoms with van der Waals surface area (Å²) in [6.07, 6.45) is 0.967. The Bertz CT molecular complexity index is 335. The van der Waals surface area contributed by atoms with Crippen molar-refractivity contribution in [1.29, 1.82) is 0 Å². The monoisotopic (exact) mass is 234 g/mol. The Labute approximate surface area is 104 Å². The summed E-state index contributed by atoms with van der Waals surface area (Å²) in [6.45, 7) is 6.67. The lowest BCUT2D eigenvalue weighted by molar-refractivity contribution is -0.120. The third-order valence-corrected chi connectivity index (χ3v) is 2.82. The van der Waals surface area contributed by atoms with Crippen LogP contribution in [0, 0.1) is 5.92 Å². The van der Waals surface area contributed by atoms with E-state index in [1.165, 1.54) is 0 Å². The molecule has 1 unspecified atom stereocenters. The molecule has 0 aliphatic heterocycles. The van der Waals surface area contributed by atoms with E-state index in [1.807, 2.05) is 30.3 Å². The van der Waals surface area contributed by atoms with Gasteiger partial charge in [0.2, 0.25) is 5.91 Å². The zero-order valence-electron chi connectivity index (χ0n) is 10.9. The maximum absolute atomic E-state index is 11.7. The van der Waals surface area contributed by atoms with Gasteiger partial charge in [-0.25, -0.2) is 0 Å². The fourth-order valence-corrected chi connectivity index (χ4v) is 1.74. The molecule has 0 aliphatic carbocycles. The predicted molar refractivity (Wildman–Crippen MR) is 72.0 cm³/mol. The smallest absolute Gasteiger partial charge is 0.239 e. The molecule has 0 bridgehead atoms. The lowest BCUT2D eigenvalue weighted by atomic mass is 10.0. The maximum Gasteiger partial charge on any atom is 0.239 e. The first-order valence-corrected chi connectivity index (χ1v) is 6.21. The molecular formula is C14H22N2O. The van der Waals surface area contributed by atoms with Crippen LogP contribution < -0.4 is 10.6 Å². The van der Waals surface area contributed by atoms with E-state index in [-0.39, 0.29) is 11.9 Å². The van der Waals surface area contributed by atoms with Gasteiger partial charge in [0.25, 0.3) is 0 Å². The van der Waals surface area contributed by atoms with Gasteiger partial charge in [-0.15, -0.1) is 0 Å². The second-order valence-electron chi connectivity index (χ2n) is 4.55. The molecule has 0 heterocycles. The van der Waals surface area contributed by atoms with Crippen LogP contribution in [0.15, 0.2) is 30.3 Å². The van der Waals surface area contributed by atoms with Crippen molar-refractivity contribution in [3.05, 3.63) is 30.3 Å². The van der Waals surface area contributed by atoms with Gasteiger partial charge in [0.05, 0.1) is 6.54 Å². The summed E-state index contributed by atoms with van der Waals surface area (Å²) in [4.78, 5) is 11.7. The van der Waals surface area contributed by atoms with E-state index in [9.17, 15) is 4.79 Å². The second-order valence-corrected chi connectivity index (χ2v) is 4.55. The number of rotatable bonds is 6. The molecule has 2 N–H and O–H groups in total. The first kappa shape index (κ1) is 13.6. The van der Waals surface area contributed by atoms with E-state index in [0.717, 1.165) is 12.1 Å². The van der Waals surface area contributed by atoms with Gasteiger partial charge in [-0.3, -0.25) is 4.79 Å². The van der Waals surface area contributed by atoms with Crippen molar-refractivity contribution in [3.63, 3.8) is 0 Å². The highest BCUT2D eigenvalue weighted by Gasteiger charge is 2.13. The van der Waals surface area contributed by atoms with Crippen molar-refractivity contribution < 1.29 is 4.79 Å². The van der Waals surface area contributed by atoms with Crippen LogP contribution in [0.2, 0.25) is 0 Å². The van der Waals surface area contributed by atoms with Gasteiger partial charge in [-0.2, -0.15) is 0 Å². The highest BCUT2D eigenvalue weighted by molar-refractivity contribution is 5.80.